The number of hydrogen-bond donors (Lipinski definition) is 1. The third-order valence-electron chi connectivity index (χ3n) is 2.16. The quantitative estimate of drug-likeness (QED) is 0.816. The Morgan fingerprint density at radius 1 is 1.61 bits per heavy atom. The zero-order chi connectivity index (χ0) is 13.5. The predicted molar refractivity (Wildman–Crippen MR) is 68.5 cm³/mol. The number of amides is 1. The Kier molecular flexibility index (Phi) is 5.94. The van der Waals surface area contributed by atoms with Gasteiger partial charge in [-0.25, -0.2) is 0 Å². The zero-order valence-corrected chi connectivity index (χ0v) is 11.3. The van der Waals surface area contributed by atoms with Gasteiger partial charge >= 0.3 is 0 Å². The maximum absolute atomic E-state index is 11.7. The second-order valence-corrected chi connectivity index (χ2v) is 4.91. The van der Waals surface area contributed by atoms with Crippen molar-refractivity contribution >= 4 is 35.2 Å². The SMILES string of the molecule is CSCC[C@H](NC(=O)c1cc(Cl)ccn1)C(=O)[O-]. The van der Waals surface area contributed by atoms with Crippen molar-refractivity contribution in [2.75, 3.05) is 12.0 Å². The average Bonchev–Trinajstić information content (AvgIpc) is 2.33. The number of carboxylic acid groups (broad SMARTS) is 1. The molecule has 0 aliphatic carbocycles. The van der Waals surface area contributed by atoms with E-state index in [9.17, 15) is 14.7 Å². The van der Waals surface area contributed by atoms with E-state index in [0.29, 0.717) is 17.2 Å². The number of carboxylic acids is 1. The first-order valence-electron chi connectivity index (χ1n) is 5.17. The van der Waals surface area contributed by atoms with Gasteiger partial charge in [0, 0.05) is 11.2 Å². The molecule has 18 heavy (non-hydrogen) atoms. The summed E-state index contributed by atoms with van der Waals surface area (Å²) in [5, 5.41) is 13.6. The highest BCUT2D eigenvalue weighted by atomic mass is 35.5. The summed E-state index contributed by atoms with van der Waals surface area (Å²) in [6, 6.07) is 1.88. The van der Waals surface area contributed by atoms with Gasteiger partial charge in [-0.2, -0.15) is 11.8 Å². The Bertz CT molecular complexity index is 442. The van der Waals surface area contributed by atoms with Crippen LogP contribution in [0.3, 0.4) is 0 Å². The Balaban J connectivity index is 2.69. The molecule has 0 saturated carbocycles. The molecule has 0 saturated heterocycles. The van der Waals surface area contributed by atoms with Crippen LogP contribution in [0.4, 0.5) is 0 Å². The molecule has 0 fully saturated rings. The normalized spacial score (nSPS) is 11.9. The smallest absolute Gasteiger partial charge is 0.270 e. The minimum atomic E-state index is -1.31. The molecule has 1 aromatic heterocycles. The first kappa shape index (κ1) is 14.8. The number of carbonyl (C=O) groups is 2. The molecule has 0 radical (unpaired) electrons. The standard InChI is InChI=1S/C11H13ClN2O3S/c1-18-5-3-8(11(16)17)14-10(15)9-6-7(12)2-4-13-9/h2,4,6,8H,3,5H2,1H3,(H,14,15)(H,16,17)/p-1/t8-/m0/s1. The Morgan fingerprint density at radius 2 is 2.33 bits per heavy atom. The van der Waals surface area contributed by atoms with Crippen molar-refractivity contribution in [1.82, 2.24) is 10.3 Å². The van der Waals surface area contributed by atoms with E-state index in [4.69, 9.17) is 11.6 Å². The fourth-order valence-electron chi connectivity index (χ4n) is 1.25. The second-order valence-electron chi connectivity index (χ2n) is 3.49. The molecule has 1 heterocycles. The van der Waals surface area contributed by atoms with Crippen LogP contribution >= 0.6 is 23.4 Å². The van der Waals surface area contributed by atoms with Gasteiger partial charge in [-0.3, -0.25) is 9.78 Å². The van der Waals surface area contributed by atoms with Crippen molar-refractivity contribution in [2.45, 2.75) is 12.5 Å². The summed E-state index contributed by atoms with van der Waals surface area (Å²) >= 11 is 7.21. The molecule has 0 aliphatic rings. The zero-order valence-electron chi connectivity index (χ0n) is 9.68. The van der Waals surface area contributed by atoms with E-state index in [1.165, 1.54) is 30.1 Å². The van der Waals surface area contributed by atoms with Crippen LogP contribution in [-0.4, -0.2) is 34.9 Å². The van der Waals surface area contributed by atoms with Crippen LogP contribution in [0.15, 0.2) is 18.3 Å². The van der Waals surface area contributed by atoms with Gasteiger partial charge in [0.2, 0.25) is 0 Å². The molecule has 7 heteroatoms. The lowest BCUT2D eigenvalue weighted by molar-refractivity contribution is -0.308. The minimum absolute atomic E-state index is 0.0814. The average molecular weight is 288 g/mol. The lowest BCUT2D eigenvalue weighted by atomic mass is 10.2. The van der Waals surface area contributed by atoms with Gasteiger partial charge in [0.25, 0.3) is 5.91 Å². The van der Waals surface area contributed by atoms with Crippen molar-refractivity contribution in [1.29, 1.82) is 0 Å². The molecule has 1 amide bonds. The second kappa shape index (κ2) is 7.23. The highest BCUT2D eigenvalue weighted by Gasteiger charge is 2.15. The monoisotopic (exact) mass is 287 g/mol. The number of carbonyl (C=O) groups excluding carboxylic acids is 2. The summed E-state index contributed by atoms with van der Waals surface area (Å²) in [6.45, 7) is 0. The highest BCUT2D eigenvalue weighted by molar-refractivity contribution is 7.98. The van der Waals surface area contributed by atoms with Crippen molar-refractivity contribution in [3.8, 4) is 0 Å². The van der Waals surface area contributed by atoms with Crippen LogP contribution in [0.25, 0.3) is 0 Å². The number of thioether (sulfide) groups is 1. The fraction of sp³-hybridized carbons (Fsp3) is 0.364. The van der Waals surface area contributed by atoms with Gasteiger partial charge in [0.15, 0.2) is 0 Å². The molecule has 1 aromatic rings. The van der Waals surface area contributed by atoms with Gasteiger partial charge in [-0.15, -0.1) is 0 Å². The molecule has 5 nitrogen and oxygen atoms in total. The minimum Gasteiger partial charge on any atom is -0.548 e. The summed E-state index contributed by atoms with van der Waals surface area (Å²) in [5.74, 6) is -1.27. The summed E-state index contributed by atoms with van der Waals surface area (Å²) < 4.78 is 0. The third kappa shape index (κ3) is 4.54. The van der Waals surface area contributed by atoms with Gasteiger partial charge in [-0.1, -0.05) is 11.6 Å². The predicted octanol–water partition coefficient (Wildman–Crippen LogP) is 0.336. The van der Waals surface area contributed by atoms with Crippen LogP contribution in [0.5, 0.6) is 0 Å². The van der Waals surface area contributed by atoms with Crippen LogP contribution in [0.1, 0.15) is 16.9 Å². The van der Waals surface area contributed by atoms with E-state index in [1.54, 1.807) is 0 Å². The van der Waals surface area contributed by atoms with E-state index in [-0.39, 0.29) is 5.69 Å². The lowest BCUT2D eigenvalue weighted by Crippen LogP contribution is -2.48. The first-order valence-corrected chi connectivity index (χ1v) is 6.94. The number of halogens is 1. The van der Waals surface area contributed by atoms with E-state index in [1.807, 2.05) is 6.26 Å². The lowest BCUT2D eigenvalue weighted by Gasteiger charge is -2.18. The first-order chi connectivity index (χ1) is 8.54. The van der Waals surface area contributed by atoms with Crippen molar-refractivity contribution in [3.05, 3.63) is 29.0 Å². The molecular formula is C11H12ClN2O3S-. The highest BCUT2D eigenvalue weighted by Crippen LogP contribution is 2.08. The van der Waals surface area contributed by atoms with E-state index < -0.39 is 17.9 Å². The van der Waals surface area contributed by atoms with Gasteiger partial charge in [0.05, 0.1) is 12.0 Å². The number of rotatable bonds is 6. The summed E-state index contributed by atoms with van der Waals surface area (Å²) in [7, 11) is 0. The number of aliphatic carboxylic acids is 1. The van der Waals surface area contributed by atoms with Gasteiger partial charge < -0.3 is 15.2 Å². The van der Waals surface area contributed by atoms with Crippen LogP contribution in [0.2, 0.25) is 5.02 Å². The molecular weight excluding hydrogens is 276 g/mol. The fourth-order valence-corrected chi connectivity index (χ4v) is 1.88. The molecule has 1 atom stereocenters. The van der Waals surface area contributed by atoms with E-state index in [0.717, 1.165) is 0 Å². The van der Waals surface area contributed by atoms with Crippen molar-refractivity contribution < 1.29 is 14.7 Å². The largest absolute Gasteiger partial charge is 0.548 e. The molecule has 1 N–H and O–H groups in total. The summed E-state index contributed by atoms with van der Waals surface area (Å²) in [4.78, 5) is 26.4. The van der Waals surface area contributed by atoms with Gasteiger partial charge in [0.1, 0.15) is 5.69 Å². The maximum atomic E-state index is 11.7. The van der Waals surface area contributed by atoms with Crippen molar-refractivity contribution in [2.24, 2.45) is 0 Å². The number of nitrogens with one attached hydrogen (secondary N) is 1. The summed E-state index contributed by atoms with van der Waals surface area (Å²) in [6.07, 6.45) is 3.54. The molecule has 0 unspecified atom stereocenters. The Hall–Kier alpha value is -1.27. The van der Waals surface area contributed by atoms with Gasteiger partial charge in [-0.05, 0) is 30.6 Å². The van der Waals surface area contributed by atoms with Crippen molar-refractivity contribution in [3.63, 3.8) is 0 Å². The number of aromatic nitrogens is 1. The Labute approximate surface area is 114 Å². The van der Waals surface area contributed by atoms with Crippen LogP contribution in [-0.2, 0) is 4.79 Å². The Morgan fingerprint density at radius 3 is 2.89 bits per heavy atom. The number of pyridine rings is 1. The number of hydrogen-bond acceptors (Lipinski definition) is 5. The maximum Gasteiger partial charge on any atom is 0.270 e. The van der Waals surface area contributed by atoms with Crippen LogP contribution in [0, 0.1) is 0 Å². The molecule has 0 aliphatic heterocycles. The van der Waals surface area contributed by atoms with E-state index >= 15 is 0 Å². The van der Waals surface area contributed by atoms with E-state index in [2.05, 4.69) is 10.3 Å². The molecule has 0 bridgehead atoms. The molecule has 0 spiro atoms. The number of nitrogens with zero attached hydrogens (tertiary/aromatic N) is 1. The molecule has 0 aromatic carbocycles. The third-order valence-corrected chi connectivity index (χ3v) is 3.03. The topological polar surface area (TPSA) is 82.1 Å². The summed E-state index contributed by atoms with van der Waals surface area (Å²) in [5.41, 5.74) is 0.0814. The molecule has 1 rings (SSSR count). The molecule has 98 valence electrons. The van der Waals surface area contributed by atoms with Crippen LogP contribution < -0.4 is 10.4 Å².